The second kappa shape index (κ2) is 6.92. The number of aliphatic hydroxyl groups is 1. The maximum atomic E-state index is 12.6. The van der Waals surface area contributed by atoms with Crippen LogP contribution in [-0.2, 0) is 4.79 Å². The number of amides is 2. The summed E-state index contributed by atoms with van der Waals surface area (Å²) in [6.45, 7) is 6.62. The fraction of sp³-hybridized carbons (Fsp3) is 0.857. The van der Waals surface area contributed by atoms with Gasteiger partial charge in [-0.3, -0.25) is 4.79 Å². The van der Waals surface area contributed by atoms with Crippen LogP contribution in [0.2, 0.25) is 0 Å². The van der Waals surface area contributed by atoms with Crippen molar-refractivity contribution in [3.05, 3.63) is 0 Å². The van der Waals surface area contributed by atoms with Crippen molar-refractivity contribution in [2.75, 3.05) is 26.2 Å². The van der Waals surface area contributed by atoms with Crippen LogP contribution in [0, 0.1) is 5.41 Å². The van der Waals surface area contributed by atoms with Crippen LogP contribution in [0.1, 0.15) is 40.0 Å². The van der Waals surface area contributed by atoms with Crippen LogP contribution >= 0.6 is 0 Å². The topological polar surface area (TPSA) is 81.1 Å². The number of carboxylic acid groups (broad SMARTS) is 1. The highest BCUT2D eigenvalue weighted by Gasteiger charge is 2.43. The Morgan fingerprint density at radius 2 is 1.95 bits per heavy atom. The van der Waals surface area contributed by atoms with Gasteiger partial charge in [-0.25, -0.2) is 4.79 Å². The van der Waals surface area contributed by atoms with Gasteiger partial charge in [0, 0.05) is 25.7 Å². The number of aliphatic carboxylic acids is 1. The van der Waals surface area contributed by atoms with E-state index in [2.05, 4.69) is 0 Å². The SMILES string of the molecule is CCC(CC)N(CCO)C(=O)N1CCC(C)(C(=O)O)C1. The molecule has 20 heavy (non-hydrogen) atoms. The molecule has 0 aliphatic carbocycles. The van der Waals surface area contributed by atoms with Crippen molar-refractivity contribution in [1.29, 1.82) is 0 Å². The number of urea groups is 1. The molecule has 0 aromatic carbocycles. The Kier molecular flexibility index (Phi) is 5.80. The predicted molar refractivity (Wildman–Crippen MR) is 75.5 cm³/mol. The zero-order valence-electron chi connectivity index (χ0n) is 12.6. The first-order valence-electron chi connectivity index (χ1n) is 7.29. The van der Waals surface area contributed by atoms with Gasteiger partial charge in [0.05, 0.1) is 12.0 Å². The van der Waals surface area contributed by atoms with Crippen molar-refractivity contribution < 1.29 is 19.8 Å². The first-order valence-corrected chi connectivity index (χ1v) is 7.29. The summed E-state index contributed by atoms with van der Waals surface area (Å²) in [4.78, 5) is 27.1. The van der Waals surface area contributed by atoms with Gasteiger partial charge in [-0.15, -0.1) is 0 Å². The second-order valence-electron chi connectivity index (χ2n) is 5.71. The maximum Gasteiger partial charge on any atom is 0.320 e. The molecule has 1 atom stereocenters. The van der Waals surface area contributed by atoms with Crippen LogP contribution < -0.4 is 0 Å². The van der Waals surface area contributed by atoms with Crippen LogP contribution in [0.3, 0.4) is 0 Å². The Balaban J connectivity index is 2.79. The second-order valence-corrected chi connectivity index (χ2v) is 5.71. The number of hydrogen-bond acceptors (Lipinski definition) is 3. The van der Waals surface area contributed by atoms with E-state index in [-0.39, 0.29) is 25.2 Å². The van der Waals surface area contributed by atoms with E-state index >= 15 is 0 Å². The molecular weight excluding hydrogens is 260 g/mol. The van der Waals surface area contributed by atoms with Crippen LogP contribution in [0.15, 0.2) is 0 Å². The Morgan fingerprint density at radius 1 is 1.35 bits per heavy atom. The maximum absolute atomic E-state index is 12.6. The molecule has 0 saturated carbocycles. The summed E-state index contributed by atoms with van der Waals surface area (Å²) < 4.78 is 0. The van der Waals surface area contributed by atoms with Crippen LogP contribution in [0.25, 0.3) is 0 Å². The van der Waals surface area contributed by atoms with E-state index in [1.165, 1.54) is 0 Å². The summed E-state index contributed by atoms with van der Waals surface area (Å²) in [5.41, 5.74) is -0.853. The first-order chi connectivity index (χ1) is 9.39. The van der Waals surface area contributed by atoms with E-state index in [1.807, 2.05) is 13.8 Å². The normalized spacial score (nSPS) is 22.4. The minimum atomic E-state index is -0.857. The molecule has 6 heteroatoms. The number of carbonyl (C=O) groups excluding carboxylic acids is 1. The van der Waals surface area contributed by atoms with E-state index in [4.69, 9.17) is 5.11 Å². The van der Waals surface area contributed by atoms with Gasteiger partial charge in [-0.05, 0) is 26.2 Å². The summed E-state index contributed by atoms with van der Waals surface area (Å²) in [5, 5.41) is 18.4. The molecule has 116 valence electrons. The molecule has 0 aromatic heterocycles. The Bertz CT molecular complexity index is 357. The number of carbonyl (C=O) groups is 2. The van der Waals surface area contributed by atoms with Crippen LogP contribution in [0.4, 0.5) is 4.79 Å². The molecule has 0 bridgehead atoms. The smallest absolute Gasteiger partial charge is 0.320 e. The molecule has 1 aliphatic heterocycles. The molecule has 0 spiro atoms. The van der Waals surface area contributed by atoms with Gasteiger partial charge >= 0.3 is 12.0 Å². The average Bonchev–Trinajstić information content (AvgIpc) is 2.82. The molecule has 6 nitrogen and oxygen atoms in total. The Labute approximate surface area is 120 Å². The molecule has 1 rings (SSSR count). The van der Waals surface area contributed by atoms with Gasteiger partial charge in [0.15, 0.2) is 0 Å². The summed E-state index contributed by atoms with van der Waals surface area (Å²) in [5.74, 6) is -0.857. The summed E-state index contributed by atoms with van der Waals surface area (Å²) in [7, 11) is 0. The molecule has 1 fully saturated rings. The summed E-state index contributed by atoms with van der Waals surface area (Å²) in [6.07, 6.45) is 2.13. The lowest BCUT2D eigenvalue weighted by atomic mass is 9.90. The highest BCUT2D eigenvalue weighted by molar-refractivity contribution is 5.79. The van der Waals surface area contributed by atoms with Gasteiger partial charge in [0.1, 0.15) is 0 Å². The van der Waals surface area contributed by atoms with E-state index in [0.29, 0.717) is 19.5 Å². The molecule has 2 N–H and O–H groups in total. The summed E-state index contributed by atoms with van der Waals surface area (Å²) in [6, 6.07) is -0.0657. The highest BCUT2D eigenvalue weighted by Crippen LogP contribution is 2.31. The fourth-order valence-electron chi connectivity index (χ4n) is 2.75. The number of rotatable bonds is 6. The highest BCUT2D eigenvalue weighted by atomic mass is 16.4. The van der Waals surface area contributed by atoms with E-state index in [0.717, 1.165) is 12.8 Å². The van der Waals surface area contributed by atoms with E-state index in [9.17, 15) is 14.7 Å². The quantitative estimate of drug-likeness (QED) is 0.773. The Hall–Kier alpha value is -1.30. The third-order valence-corrected chi connectivity index (χ3v) is 4.23. The lowest BCUT2D eigenvalue weighted by Gasteiger charge is -2.34. The number of hydrogen-bond donors (Lipinski definition) is 2. The molecule has 2 amide bonds. The predicted octanol–water partition coefficient (Wildman–Crippen LogP) is 1.39. The number of carboxylic acids is 1. The van der Waals surface area contributed by atoms with Crippen LogP contribution in [-0.4, -0.2) is 64.3 Å². The third kappa shape index (κ3) is 3.42. The van der Waals surface area contributed by atoms with Crippen molar-refractivity contribution >= 4 is 12.0 Å². The van der Waals surface area contributed by atoms with Crippen molar-refractivity contribution in [1.82, 2.24) is 9.80 Å². The molecular formula is C14H26N2O4. The van der Waals surface area contributed by atoms with Crippen molar-refractivity contribution in [3.8, 4) is 0 Å². The van der Waals surface area contributed by atoms with Crippen molar-refractivity contribution in [2.45, 2.75) is 46.1 Å². The van der Waals surface area contributed by atoms with Crippen molar-refractivity contribution in [2.24, 2.45) is 5.41 Å². The fourth-order valence-corrected chi connectivity index (χ4v) is 2.75. The van der Waals surface area contributed by atoms with Gasteiger partial charge in [0.2, 0.25) is 0 Å². The van der Waals surface area contributed by atoms with Crippen LogP contribution in [0.5, 0.6) is 0 Å². The number of nitrogens with zero attached hydrogens (tertiary/aromatic N) is 2. The Morgan fingerprint density at radius 3 is 2.35 bits per heavy atom. The average molecular weight is 286 g/mol. The number of likely N-dealkylation sites (tertiary alicyclic amines) is 1. The van der Waals surface area contributed by atoms with Gasteiger partial charge < -0.3 is 20.0 Å². The van der Waals surface area contributed by atoms with Gasteiger partial charge in [-0.2, -0.15) is 0 Å². The standard InChI is InChI=1S/C14H26N2O4/c1-4-11(5-2)16(8-9-17)13(20)15-7-6-14(3,10-15)12(18)19/h11,17H,4-10H2,1-3H3,(H,18,19). The van der Waals surface area contributed by atoms with Gasteiger partial charge in [0.25, 0.3) is 0 Å². The molecule has 1 aliphatic rings. The monoisotopic (exact) mass is 286 g/mol. The zero-order valence-corrected chi connectivity index (χ0v) is 12.6. The molecule has 1 heterocycles. The van der Waals surface area contributed by atoms with E-state index in [1.54, 1.807) is 16.7 Å². The molecule has 1 unspecified atom stereocenters. The first kappa shape index (κ1) is 16.8. The minimum Gasteiger partial charge on any atom is -0.481 e. The summed E-state index contributed by atoms with van der Waals surface area (Å²) >= 11 is 0. The molecule has 0 radical (unpaired) electrons. The van der Waals surface area contributed by atoms with E-state index < -0.39 is 11.4 Å². The third-order valence-electron chi connectivity index (χ3n) is 4.23. The molecule has 0 aromatic rings. The van der Waals surface area contributed by atoms with Crippen molar-refractivity contribution in [3.63, 3.8) is 0 Å². The lowest BCUT2D eigenvalue weighted by Crippen LogP contribution is -2.49. The zero-order chi connectivity index (χ0) is 15.3. The lowest BCUT2D eigenvalue weighted by molar-refractivity contribution is -0.147. The molecule has 1 saturated heterocycles. The largest absolute Gasteiger partial charge is 0.481 e. The number of aliphatic hydroxyl groups excluding tert-OH is 1. The van der Waals surface area contributed by atoms with Gasteiger partial charge in [-0.1, -0.05) is 13.8 Å². The minimum absolute atomic E-state index is 0.0771.